The van der Waals surface area contributed by atoms with Crippen LogP contribution in [0.3, 0.4) is 0 Å². The van der Waals surface area contributed by atoms with Gasteiger partial charge in [0.05, 0.1) is 6.04 Å². The first-order valence-electron chi connectivity index (χ1n) is 9.40. The number of nitrogens with one attached hydrogen (secondary N) is 3. The second-order valence-electron chi connectivity index (χ2n) is 7.27. The van der Waals surface area contributed by atoms with Gasteiger partial charge in [0.1, 0.15) is 17.6 Å². The first-order valence-corrected chi connectivity index (χ1v) is 9.40. The average molecular weight is 359 g/mol. The molecule has 2 atom stereocenters. The number of carbonyl (C=O) groups is 1. The quantitative estimate of drug-likeness (QED) is 0.618. The highest BCUT2D eigenvalue weighted by atomic mass is 16.3. The van der Waals surface area contributed by atoms with Gasteiger partial charge in [0.2, 0.25) is 0 Å². The molecule has 1 aromatic heterocycles. The molecule has 1 aromatic carbocycles. The minimum atomic E-state index is -0.458. The Balaban J connectivity index is 1.54. The van der Waals surface area contributed by atoms with Gasteiger partial charge in [-0.2, -0.15) is 0 Å². The number of hydrogen-bond donors (Lipinski definition) is 4. The molecule has 0 bridgehead atoms. The van der Waals surface area contributed by atoms with Crippen LogP contribution < -0.4 is 16.0 Å². The molecule has 142 valence electrons. The van der Waals surface area contributed by atoms with Crippen molar-refractivity contribution in [1.29, 1.82) is 0 Å². The Labute approximate surface area is 154 Å². The van der Waals surface area contributed by atoms with Crippen molar-refractivity contribution in [3.63, 3.8) is 0 Å². The molecule has 1 heterocycles. The van der Waals surface area contributed by atoms with Crippen LogP contribution in [0.4, 0.5) is 4.79 Å². The number of fused-ring (bicyclic) bond motifs is 1. The highest BCUT2D eigenvalue weighted by molar-refractivity contribution is 5.82. The Morgan fingerprint density at radius 2 is 1.92 bits per heavy atom. The van der Waals surface area contributed by atoms with E-state index in [2.05, 4.69) is 16.0 Å². The van der Waals surface area contributed by atoms with E-state index in [9.17, 15) is 9.90 Å². The minimum absolute atomic E-state index is 0.152. The van der Waals surface area contributed by atoms with E-state index in [1.54, 1.807) is 7.05 Å². The van der Waals surface area contributed by atoms with Crippen LogP contribution in [0.1, 0.15) is 50.0 Å². The van der Waals surface area contributed by atoms with Crippen LogP contribution in [0.2, 0.25) is 0 Å². The third-order valence-electron chi connectivity index (χ3n) is 5.47. The normalized spacial score (nSPS) is 22.8. The number of hydrogen-bond acceptors (Lipinski definition) is 4. The Bertz CT molecular complexity index is 750. The largest absolute Gasteiger partial charge is 0.459 e. The molecule has 1 aliphatic carbocycles. The van der Waals surface area contributed by atoms with Gasteiger partial charge < -0.3 is 20.2 Å². The van der Waals surface area contributed by atoms with Gasteiger partial charge in [0.15, 0.2) is 0 Å². The number of para-hydroxylation sites is 1. The molecule has 26 heavy (non-hydrogen) atoms. The summed E-state index contributed by atoms with van der Waals surface area (Å²) in [5.41, 5.74) is 1.91. The van der Waals surface area contributed by atoms with E-state index < -0.39 is 6.23 Å². The summed E-state index contributed by atoms with van der Waals surface area (Å²) in [4.78, 5) is 12.4. The Kier molecular flexibility index (Phi) is 5.84. The van der Waals surface area contributed by atoms with Crippen molar-refractivity contribution in [1.82, 2.24) is 16.0 Å². The van der Waals surface area contributed by atoms with Gasteiger partial charge >= 0.3 is 6.03 Å². The van der Waals surface area contributed by atoms with E-state index in [0.717, 1.165) is 48.0 Å². The maximum Gasteiger partial charge on any atom is 0.315 e. The topological polar surface area (TPSA) is 86.5 Å². The lowest BCUT2D eigenvalue weighted by Gasteiger charge is -2.31. The average Bonchev–Trinajstić information content (AvgIpc) is 2.99. The maximum atomic E-state index is 12.4. The van der Waals surface area contributed by atoms with Crippen molar-refractivity contribution < 1.29 is 14.3 Å². The van der Waals surface area contributed by atoms with Crippen molar-refractivity contribution >= 4 is 17.0 Å². The highest BCUT2D eigenvalue weighted by Crippen LogP contribution is 2.29. The van der Waals surface area contributed by atoms with Crippen LogP contribution in [0, 0.1) is 12.8 Å². The summed E-state index contributed by atoms with van der Waals surface area (Å²) < 4.78 is 5.93. The molecular weight excluding hydrogens is 330 g/mol. The summed E-state index contributed by atoms with van der Waals surface area (Å²) in [5.74, 6) is 1.06. The number of furan rings is 1. The summed E-state index contributed by atoms with van der Waals surface area (Å²) >= 11 is 0. The number of aryl methyl sites for hydroxylation is 1. The number of carbonyl (C=O) groups excluding carboxylic acids is 1. The number of aliphatic hydroxyl groups excluding tert-OH is 1. The van der Waals surface area contributed by atoms with E-state index in [1.165, 1.54) is 0 Å². The molecule has 3 rings (SSSR count). The lowest BCUT2D eigenvalue weighted by molar-refractivity contribution is 0.0575. The number of urea groups is 1. The van der Waals surface area contributed by atoms with Gasteiger partial charge in [0.25, 0.3) is 0 Å². The second-order valence-corrected chi connectivity index (χ2v) is 7.27. The fourth-order valence-electron chi connectivity index (χ4n) is 3.91. The summed E-state index contributed by atoms with van der Waals surface area (Å²) in [6.07, 6.45) is 3.13. The summed E-state index contributed by atoms with van der Waals surface area (Å²) in [7, 11) is 1.77. The first-order chi connectivity index (χ1) is 12.5. The Hall–Kier alpha value is -2.05. The van der Waals surface area contributed by atoms with Crippen molar-refractivity contribution in [3.05, 3.63) is 35.6 Å². The van der Waals surface area contributed by atoms with Gasteiger partial charge in [-0.1, -0.05) is 18.2 Å². The van der Waals surface area contributed by atoms with Gasteiger partial charge in [-0.05, 0) is 58.6 Å². The predicted octanol–water partition coefficient (Wildman–Crippen LogP) is 3.20. The van der Waals surface area contributed by atoms with Crippen LogP contribution in [0.5, 0.6) is 0 Å². The summed E-state index contributed by atoms with van der Waals surface area (Å²) in [6.45, 7) is 3.95. The molecule has 0 aliphatic heterocycles. The second kappa shape index (κ2) is 8.10. The smallest absolute Gasteiger partial charge is 0.315 e. The van der Waals surface area contributed by atoms with Crippen LogP contribution in [-0.2, 0) is 0 Å². The monoisotopic (exact) mass is 359 g/mol. The van der Waals surface area contributed by atoms with Crippen LogP contribution in [-0.4, -0.2) is 30.5 Å². The van der Waals surface area contributed by atoms with Crippen molar-refractivity contribution in [2.24, 2.45) is 5.92 Å². The molecule has 6 heteroatoms. The molecule has 1 saturated carbocycles. The molecule has 4 N–H and O–H groups in total. The fourth-order valence-corrected chi connectivity index (χ4v) is 3.91. The number of benzene rings is 1. The van der Waals surface area contributed by atoms with Crippen molar-refractivity contribution in [3.8, 4) is 0 Å². The van der Waals surface area contributed by atoms with E-state index >= 15 is 0 Å². The number of aliphatic hydroxyl groups is 1. The highest BCUT2D eigenvalue weighted by Gasteiger charge is 2.27. The molecule has 2 aromatic rings. The van der Waals surface area contributed by atoms with E-state index in [0.29, 0.717) is 0 Å². The zero-order chi connectivity index (χ0) is 18.7. The molecule has 2 unspecified atom stereocenters. The zero-order valence-electron chi connectivity index (χ0n) is 15.7. The minimum Gasteiger partial charge on any atom is -0.459 e. The molecular formula is C20H29N3O3. The zero-order valence-corrected chi connectivity index (χ0v) is 15.7. The fraction of sp³-hybridized carbons (Fsp3) is 0.550. The molecule has 1 fully saturated rings. The third-order valence-corrected chi connectivity index (χ3v) is 5.47. The van der Waals surface area contributed by atoms with Crippen LogP contribution in [0.25, 0.3) is 11.0 Å². The molecule has 0 radical (unpaired) electrons. The lowest BCUT2D eigenvalue weighted by Crippen LogP contribution is -2.46. The van der Waals surface area contributed by atoms with Gasteiger partial charge in [-0.3, -0.25) is 5.32 Å². The molecule has 1 aliphatic rings. The maximum absolute atomic E-state index is 12.4. The molecule has 6 nitrogen and oxygen atoms in total. The van der Waals surface area contributed by atoms with Gasteiger partial charge in [-0.15, -0.1) is 0 Å². The Morgan fingerprint density at radius 3 is 2.58 bits per heavy atom. The number of rotatable bonds is 5. The van der Waals surface area contributed by atoms with E-state index in [4.69, 9.17) is 4.42 Å². The molecule has 0 saturated heterocycles. The number of amides is 2. The lowest BCUT2D eigenvalue weighted by atomic mass is 9.85. The third kappa shape index (κ3) is 4.02. The van der Waals surface area contributed by atoms with E-state index in [-0.39, 0.29) is 24.0 Å². The standard InChI is InChI=1S/C20H29N3O3/c1-12-16-6-4-5-7-17(16)26-18(12)13(2)22-20(25)23-15-10-8-14(9-11-15)19(24)21-3/h4-7,13-15,19,21,24H,8-11H2,1-3H3,(H2,22,23,25). The van der Waals surface area contributed by atoms with Crippen LogP contribution in [0.15, 0.2) is 28.7 Å². The predicted molar refractivity (Wildman–Crippen MR) is 102 cm³/mol. The Morgan fingerprint density at radius 1 is 1.23 bits per heavy atom. The molecule has 2 amide bonds. The van der Waals surface area contributed by atoms with Crippen LogP contribution >= 0.6 is 0 Å². The van der Waals surface area contributed by atoms with Crippen molar-refractivity contribution in [2.75, 3.05) is 7.05 Å². The van der Waals surface area contributed by atoms with Gasteiger partial charge in [0, 0.05) is 17.0 Å². The van der Waals surface area contributed by atoms with Crippen molar-refractivity contribution in [2.45, 2.75) is 57.8 Å². The SMILES string of the molecule is CNC(O)C1CCC(NC(=O)NC(C)c2oc3ccccc3c2C)CC1. The van der Waals surface area contributed by atoms with E-state index in [1.807, 2.05) is 38.1 Å². The summed E-state index contributed by atoms with van der Waals surface area (Å²) in [6, 6.07) is 7.68. The summed E-state index contributed by atoms with van der Waals surface area (Å²) in [5, 5.41) is 19.9. The first kappa shape index (κ1) is 18.7. The van der Waals surface area contributed by atoms with Gasteiger partial charge in [-0.25, -0.2) is 4.79 Å². The molecule has 0 spiro atoms.